The summed E-state index contributed by atoms with van der Waals surface area (Å²) in [7, 11) is 3.47. The minimum absolute atomic E-state index is 0.374. The zero-order chi connectivity index (χ0) is 17.9. The van der Waals surface area contributed by atoms with E-state index >= 15 is 0 Å². The number of guanidine groups is 1. The number of rotatable bonds is 8. The Morgan fingerprint density at radius 1 is 1.36 bits per heavy atom. The van der Waals surface area contributed by atoms with Crippen LogP contribution in [0.5, 0.6) is 5.88 Å². The Labute approximate surface area is 150 Å². The number of ether oxygens (including phenoxy) is 3. The van der Waals surface area contributed by atoms with Crippen molar-refractivity contribution < 1.29 is 14.2 Å². The molecule has 0 radical (unpaired) electrons. The third-order valence-electron chi connectivity index (χ3n) is 4.17. The van der Waals surface area contributed by atoms with Gasteiger partial charge in [0.2, 0.25) is 5.88 Å². The zero-order valence-corrected chi connectivity index (χ0v) is 15.5. The fourth-order valence-electron chi connectivity index (χ4n) is 2.89. The molecule has 0 bridgehead atoms. The van der Waals surface area contributed by atoms with Crippen molar-refractivity contribution in [2.45, 2.75) is 32.4 Å². The first-order valence-corrected chi connectivity index (χ1v) is 8.91. The van der Waals surface area contributed by atoms with Gasteiger partial charge in [0.1, 0.15) is 6.61 Å². The second kappa shape index (κ2) is 10.9. The largest absolute Gasteiger partial charge is 0.475 e. The maximum atomic E-state index is 5.71. The quantitative estimate of drug-likeness (QED) is 0.437. The van der Waals surface area contributed by atoms with Crippen molar-refractivity contribution in [3.63, 3.8) is 0 Å². The number of pyridine rings is 1. The number of nitrogens with zero attached hydrogens (tertiary/aromatic N) is 3. The van der Waals surface area contributed by atoms with Gasteiger partial charge in [0.15, 0.2) is 5.96 Å². The van der Waals surface area contributed by atoms with Gasteiger partial charge in [-0.15, -0.1) is 0 Å². The number of hydrogen-bond acceptors (Lipinski definition) is 5. The van der Waals surface area contributed by atoms with Crippen molar-refractivity contribution in [1.82, 2.24) is 15.2 Å². The molecule has 1 aliphatic rings. The maximum absolute atomic E-state index is 5.71. The van der Waals surface area contributed by atoms with Crippen LogP contribution in [-0.4, -0.2) is 69.0 Å². The SMILES string of the molecule is CCOC1CCN(C(=NC)NCc2cccnc2OCCOC)CC1. The maximum Gasteiger partial charge on any atom is 0.218 e. The number of nitrogens with one attached hydrogen (secondary N) is 1. The highest BCUT2D eigenvalue weighted by Gasteiger charge is 2.21. The molecule has 0 unspecified atom stereocenters. The smallest absolute Gasteiger partial charge is 0.218 e. The summed E-state index contributed by atoms with van der Waals surface area (Å²) in [4.78, 5) is 11.0. The summed E-state index contributed by atoms with van der Waals surface area (Å²) in [6.07, 6.45) is 4.18. The Hall–Kier alpha value is -1.86. The van der Waals surface area contributed by atoms with Crippen molar-refractivity contribution in [2.24, 2.45) is 4.99 Å². The molecule has 1 N–H and O–H groups in total. The predicted octanol–water partition coefficient (Wildman–Crippen LogP) is 1.68. The molecule has 1 aromatic rings. The molecular weight excluding hydrogens is 320 g/mol. The van der Waals surface area contributed by atoms with Gasteiger partial charge in [-0.05, 0) is 25.8 Å². The van der Waals surface area contributed by atoms with E-state index in [0.29, 0.717) is 31.7 Å². The van der Waals surface area contributed by atoms with E-state index < -0.39 is 0 Å². The van der Waals surface area contributed by atoms with Crippen LogP contribution >= 0.6 is 0 Å². The van der Waals surface area contributed by atoms with Crippen LogP contribution < -0.4 is 10.1 Å². The molecule has 7 heteroatoms. The van der Waals surface area contributed by atoms with Crippen LogP contribution in [0, 0.1) is 0 Å². The number of piperidine rings is 1. The van der Waals surface area contributed by atoms with E-state index in [1.807, 2.05) is 26.1 Å². The molecule has 0 spiro atoms. The van der Waals surface area contributed by atoms with E-state index in [4.69, 9.17) is 14.2 Å². The minimum Gasteiger partial charge on any atom is -0.475 e. The molecular formula is C18H30N4O3. The molecule has 0 amide bonds. The molecule has 0 saturated carbocycles. The summed E-state index contributed by atoms with van der Waals surface area (Å²) in [6.45, 7) is 6.38. The molecule has 0 atom stereocenters. The average Bonchev–Trinajstić information content (AvgIpc) is 2.65. The Morgan fingerprint density at radius 3 is 2.84 bits per heavy atom. The summed E-state index contributed by atoms with van der Waals surface area (Å²) < 4.78 is 16.4. The Kier molecular flexibility index (Phi) is 8.48. The zero-order valence-electron chi connectivity index (χ0n) is 15.5. The molecule has 2 rings (SSSR count). The molecule has 25 heavy (non-hydrogen) atoms. The lowest BCUT2D eigenvalue weighted by atomic mass is 10.1. The van der Waals surface area contributed by atoms with E-state index in [1.165, 1.54) is 0 Å². The normalized spacial score (nSPS) is 16.1. The molecule has 140 valence electrons. The average molecular weight is 350 g/mol. The first-order chi connectivity index (χ1) is 12.3. The van der Waals surface area contributed by atoms with Crippen molar-refractivity contribution >= 4 is 5.96 Å². The third-order valence-corrected chi connectivity index (χ3v) is 4.17. The molecule has 0 aliphatic carbocycles. The van der Waals surface area contributed by atoms with E-state index in [1.54, 1.807) is 13.3 Å². The van der Waals surface area contributed by atoms with Crippen LogP contribution in [0.1, 0.15) is 25.3 Å². The Morgan fingerprint density at radius 2 is 2.16 bits per heavy atom. The fraction of sp³-hybridized carbons (Fsp3) is 0.667. The minimum atomic E-state index is 0.374. The lowest BCUT2D eigenvalue weighted by Crippen LogP contribution is -2.46. The van der Waals surface area contributed by atoms with E-state index in [9.17, 15) is 0 Å². The van der Waals surface area contributed by atoms with Crippen LogP contribution in [0.3, 0.4) is 0 Å². The highest BCUT2D eigenvalue weighted by Crippen LogP contribution is 2.16. The van der Waals surface area contributed by atoms with Crippen molar-refractivity contribution in [3.05, 3.63) is 23.9 Å². The lowest BCUT2D eigenvalue weighted by molar-refractivity contribution is 0.0263. The van der Waals surface area contributed by atoms with E-state index in [0.717, 1.165) is 44.1 Å². The van der Waals surface area contributed by atoms with Crippen LogP contribution in [0.2, 0.25) is 0 Å². The van der Waals surface area contributed by atoms with Gasteiger partial charge in [-0.1, -0.05) is 6.07 Å². The highest BCUT2D eigenvalue weighted by atomic mass is 16.5. The van der Waals surface area contributed by atoms with Gasteiger partial charge < -0.3 is 24.4 Å². The molecule has 1 aliphatic heterocycles. The number of methoxy groups -OCH3 is 1. The first-order valence-electron chi connectivity index (χ1n) is 8.91. The summed E-state index contributed by atoms with van der Waals surface area (Å²) in [5.41, 5.74) is 1.00. The molecule has 0 aromatic carbocycles. The van der Waals surface area contributed by atoms with Gasteiger partial charge in [-0.25, -0.2) is 4.98 Å². The summed E-state index contributed by atoms with van der Waals surface area (Å²) in [6, 6.07) is 3.92. The monoisotopic (exact) mass is 350 g/mol. The lowest BCUT2D eigenvalue weighted by Gasteiger charge is -2.34. The van der Waals surface area contributed by atoms with Gasteiger partial charge in [-0.2, -0.15) is 0 Å². The van der Waals surface area contributed by atoms with Crippen LogP contribution in [0.4, 0.5) is 0 Å². The predicted molar refractivity (Wildman–Crippen MR) is 98.0 cm³/mol. The molecule has 1 aromatic heterocycles. The van der Waals surface area contributed by atoms with Crippen LogP contribution in [0.25, 0.3) is 0 Å². The van der Waals surface area contributed by atoms with Gasteiger partial charge in [0, 0.05) is 52.2 Å². The standard InChI is InChI=1S/C18H30N4O3/c1-4-24-16-7-10-22(11-8-16)18(19-2)21-14-15-6-5-9-20-17(15)25-13-12-23-3/h5-6,9,16H,4,7-8,10-14H2,1-3H3,(H,19,21). The Bertz CT molecular complexity index is 531. The second-order valence-corrected chi connectivity index (χ2v) is 5.85. The number of aromatic nitrogens is 1. The van der Waals surface area contributed by atoms with Crippen molar-refractivity contribution in [3.8, 4) is 5.88 Å². The highest BCUT2D eigenvalue weighted by molar-refractivity contribution is 5.80. The summed E-state index contributed by atoms with van der Waals surface area (Å²) in [5.74, 6) is 1.54. The number of hydrogen-bond donors (Lipinski definition) is 1. The van der Waals surface area contributed by atoms with E-state index in [2.05, 4.69) is 20.2 Å². The second-order valence-electron chi connectivity index (χ2n) is 5.85. The molecule has 7 nitrogen and oxygen atoms in total. The number of aliphatic imine (C=N–C) groups is 1. The Balaban J connectivity index is 1.87. The van der Waals surface area contributed by atoms with Gasteiger partial charge in [0.05, 0.1) is 12.7 Å². The van der Waals surface area contributed by atoms with E-state index in [-0.39, 0.29) is 0 Å². The number of likely N-dealkylation sites (tertiary alicyclic amines) is 1. The third kappa shape index (κ3) is 6.17. The molecule has 1 fully saturated rings. The van der Waals surface area contributed by atoms with Gasteiger partial charge >= 0.3 is 0 Å². The molecule has 2 heterocycles. The van der Waals surface area contributed by atoms with Crippen molar-refractivity contribution in [1.29, 1.82) is 0 Å². The summed E-state index contributed by atoms with van der Waals surface area (Å²) >= 11 is 0. The van der Waals surface area contributed by atoms with Crippen molar-refractivity contribution in [2.75, 3.05) is 47.1 Å². The fourth-order valence-corrected chi connectivity index (χ4v) is 2.89. The van der Waals surface area contributed by atoms with Gasteiger partial charge in [0.25, 0.3) is 0 Å². The topological polar surface area (TPSA) is 68.2 Å². The van der Waals surface area contributed by atoms with Gasteiger partial charge in [-0.3, -0.25) is 4.99 Å². The molecule has 1 saturated heterocycles. The first kappa shape index (κ1) is 19.5. The summed E-state index contributed by atoms with van der Waals surface area (Å²) in [5, 5.41) is 3.42. The van der Waals surface area contributed by atoms with Crippen LogP contribution in [0.15, 0.2) is 23.3 Å². The van der Waals surface area contributed by atoms with Crippen LogP contribution in [-0.2, 0) is 16.0 Å².